The first-order valence-corrected chi connectivity index (χ1v) is 7.57. The number of carbonyl (C=O) groups is 1. The SMILES string of the molecule is CC(C)C1CCN(C(=O)/C=C/c2cccc(C#N)c2)CC1. The molecule has 3 heteroatoms. The fourth-order valence-electron chi connectivity index (χ4n) is 2.77. The third-order valence-corrected chi connectivity index (χ3v) is 4.23. The monoisotopic (exact) mass is 282 g/mol. The lowest BCUT2D eigenvalue weighted by Crippen LogP contribution is -2.38. The summed E-state index contributed by atoms with van der Waals surface area (Å²) in [5, 5.41) is 8.86. The Bertz CT molecular complexity index is 561. The van der Waals surface area contributed by atoms with Crippen molar-refractivity contribution in [2.24, 2.45) is 11.8 Å². The Morgan fingerprint density at radius 2 is 2.10 bits per heavy atom. The number of hydrogen-bond acceptors (Lipinski definition) is 2. The summed E-state index contributed by atoms with van der Waals surface area (Å²) in [6, 6.07) is 9.38. The Balaban J connectivity index is 1.93. The Morgan fingerprint density at radius 1 is 1.38 bits per heavy atom. The number of hydrogen-bond donors (Lipinski definition) is 0. The van der Waals surface area contributed by atoms with Crippen LogP contribution in [0.2, 0.25) is 0 Å². The van der Waals surface area contributed by atoms with Gasteiger partial charge in [-0.2, -0.15) is 5.26 Å². The van der Waals surface area contributed by atoms with Crippen LogP contribution in [0.4, 0.5) is 0 Å². The molecular weight excluding hydrogens is 260 g/mol. The number of piperidine rings is 1. The fraction of sp³-hybridized carbons (Fsp3) is 0.444. The van der Waals surface area contributed by atoms with Gasteiger partial charge < -0.3 is 4.90 Å². The average molecular weight is 282 g/mol. The summed E-state index contributed by atoms with van der Waals surface area (Å²) >= 11 is 0. The van der Waals surface area contributed by atoms with E-state index in [1.54, 1.807) is 24.3 Å². The van der Waals surface area contributed by atoms with Crippen LogP contribution in [0.1, 0.15) is 37.8 Å². The zero-order valence-electron chi connectivity index (χ0n) is 12.7. The molecule has 1 aromatic carbocycles. The van der Waals surface area contributed by atoms with E-state index in [-0.39, 0.29) is 5.91 Å². The summed E-state index contributed by atoms with van der Waals surface area (Å²) in [5.41, 5.74) is 1.50. The van der Waals surface area contributed by atoms with Gasteiger partial charge in [-0.1, -0.05) is 26.0 Å². The molecule has 0 saturated carbocycles. The van der Waals surface area contributed by atoms with E-state index < -0.39 is 0 Å². The van der Waals surface area contributed by atoms with E-state index in [4.69, 9.17) is 5.26 Å². The molecule has 1 fully saturated rings. The second kappa shape index (κ2) is 7.08. The molecule has 0 radical (unpaired) electrons. The van der Waals surface area contributed by atoms with Gasteiger partial charge in [-0.05, 0) is 48.4 Å². The van der Waals surface area contributed by atoms with Gasteiger partial charge in [0.2, 0.25) is 5.91 Å². The summed E-state index contributed by atoms with van der Waals surface area (Å²) in [4.78, 5) is 14.1. The topological polar surface area (TPSA) is 44.1 Å². The number of nitrogens with zero attached hydrogens (tertiary/aromatic N) is 2. The quantitative estimate of drug-likeness (QED) is 0.797. The fourth-order valence-corrected chi connectivity index (χ4v) is 2.77. The lowest BCUT2D eigenvalue weighted by Gasteiger charge is -2.33. The van der Waals surface area contributed by atoms with Gasteiger partial charge in [0.25, 0.3) is 0 Å². The maximum Gasteiger partial charge on any atom is 0.246 e. The number of nitriles is 1. The third kappa shape index (κ3) is 4.19. The molecule has 1 aliphatic heterocycles. The summed E-state index contributed by atoms with van der Waals surface area (Å²) < 4.78 is 0. The predicted molar refractivity (Wildman–Crippen MR) is 84.3 cm³/mol. The summed E-state index contributed by atoms with van der Waals surface area (Å²) in [7, 11) is 0. The van der Waals surface area contributed by atoms with Gasteiger partial charge in [0.1, 0.15) is 0 Å². The van der Waals surface area contributed by atoms with E-state index in [2.05, 4.69) is 19.9 Å². The van der Waals surface area contributed by atoms with Crippen LogP contribution in [0.15, 0.2) is 30.3 Å². The van der Waals surface area contributed by atoms with Crippen LogP contribution < -0.4 is 0 Å². The Hall–Kier alpha value is -2.08. The molecule has 1 amide bonds. The first-order valence-electron chi connectivity index (χ1n) is 7.57. The maximum atomic E-state index is 12.2. The normalized spacial score (nSPS) is 16.4. The molecule has 0 bridgehead atoms. The minimum Gasteiger partial charge on any atom is -0.339 e. The van der Waals surface area contributed by atoms with Gasteiger partial charge in [-0.15, -0.1) is 0 Å². The largest absolute Gasteiger partial charge is 0.339 e. The number of rotatable bonds is 3. The van der Waals surface area contributed by atoms with E-state index >= 15 is 0 Å². The zero-order valence-corrected chi connectivity index (χ0v) is 12.7. The Kier molecular flexibility index (Phi) is 5.16. The minimum absolute atomic E-state index is 0.0690. The molecule has 0 N–H and O–H groups in total. The van der Waals surface area contributed by atoms with Gasteiger partial charge >= 0.3 is 0 Å². The molecule has 0 aliphatic carbocycles. The molecule has 0 aromatic heterocycles. The molecule has 2 rings (SSSR count). The van der Waals surface area contributed by atoms with Crippen LogP contribution in [-0.2, 0) is 4.79 Å². The highest BCUT2D eigenvalue weighted by Gasteiger charge is 2.23. The van der Waals surface area contributed by atoms with E-state index in [0.717, 1.165) is 37.4 Å². The van der Waals surface area contributed by atoms with Crippen molar-refractivity contribution in [3.05, 3.63) is 41.5 Å². The molecule has 1 heterocycles. The second-order valence-electron chi connectivity index (χ2n) is 5.98. The van der Waals surface area contributed by atoms with Crippen molar-refractivity contribution in [3.63, 3.8) is 0 Å². The van der Waals surface area contributed by atoms with Crippen molar-refractivity contribution < 1.29 is 4.79 Å². The van der Waals surface area contributed by atoms with E-state index in [0.29, 0.717) is 11.5 Å². The molecule has 110 valence electrons. The van der Waals surface area contributed by atoms with Crippen LogP contribution in [0, 0.1) is 23.2 Å². The number of carbonyl (C=O) groups excluding carboxylic acids is 1. The molecule has 1 aromatic rings. The van der Waals surface area contributed by atoms with Gasteiger partial charge in [-0.3, -0.25) is 4.79 Å². The van der Waals surface area contributed by atoms with Crippen LogP contribution >= 0.6 is 0 Å². The second-order valence-corrected chi connectivity index (χ2v) is 5.98. The molecule has 21 heavy (non-hydrogen) atoms. The van der Waals surface area contributed by atoms with E-state index in [1.165, 1.54) is 0 Å². The van der Waals surface area contributed by atoms with Crippen molar-refractivity contribution in [1.29, 1.82) is 5.26 Å². The zero-order chi connectivity index (χ0) is 15.2. The highest BCUT2D eigenvalue weighted by molar-refractivity contribution is 5.91. The smallest absolute Gasteiger partial charge is 0.246 e. The predicted octanol–water partition coefficient (Wildman–Crippen LogP) is 3.47. The van der Waals surface area contributed by atoms with Crippen LogP contribution in [0.25, 0.3) is 6.08 Å². The summed E-state index contributed by atoms with van der Waals surface area (Å²) in [5.74, 6) is 1.51. The first-order chi connectivity index (χ1) is 10.1. The van der Waals surface area contributed by atoms with Gasteiger partial charge in [0.15, 0.2) is 0 Å². The van der Waals surface area contributed by atoms with Gasteiger partial charge in [0.05, 0.1) is 11.6 Å². The molecule has 1 saturated heterocycles. The highest BCUT2D eigenvalue weighted by atomic mass is 16.2. The molecule has 0 atom stereocenters. The Labute approximate surface area is 126 Å². The minimum atomic E-state index is 0.0690. The number of benzene rings is 1. The lowest BCUT2D eigenvalue weighted by molar-refractivity contribution is -0.127. The standard InChI is InChI=1S/C18H22N2O/c1-14(2)17-8-10-20(11-9-17)18(21)7-6-15-4-3-5-16(12-15)13-19/h3-7,12,14,17H,8-11H2,1-2H3/b7-6+. The molecule has 0 unspecified atom stereocenters. The summed E-state index contributed by atoms with van der Waals surface area (Å²) in [6.07, 6.45) is 5.60. The molecule has 0 spiro atoms. The lowest BCUT2D eigenvalue weighted by atomic mass is 9.87. The third-order valence-electron chi connectivity index (χ3n) is 4.23. The van der Waals surface area contributed by atoms with Gasteiger partial charge in [-0.25, -0.2) is 0 Å². The molecular formula is C18H22N2O. The Morgan fingerprint density at radius 3 is 2.71 bits per heavy atom. The number of likely N-dealkylation sites (tertiary alicyclic amines) is 1. The van der Waals surface area contributed by atoms with Crippen molar-refractivity contribution in [2.45, 2.75) is 26.7 Å². The average Bonchev–Trinajstić information content (AvgIpc) is 2.53. The molecule has 1 aliphatic rings. The van der Waals surface area contributed by atoms with Crippen molar-refractivity contribution in [2.75, 3.05) is 13.1 Å². The van der Waals surface area contributed by atoms with Crippen LogP contribution in [0.5, 0.6) is 0 Å². The van der Waals surface area contributed by atoms with Crippen molar-refractivity contribution in [3.8, 4) is 6.07 Å². The van der Waals surface area contributed by atoms with E-state index in [1.807, 2.05) is 17.0 Å². The van der Waals surface area contributed by atoms with E-state index in [9.17, 15) is 4.79 Å². The highest BCUT2D eigenvalue weighted by Crippen LogP contribution is 2.24. The van der Waals surface area contributed by atoms with Gasteiger partial charge in [0, 0.05) is 19.2 Å². The van der Waals surface area contributed by atoms with Crippen molar-refractivity contribution in [1.82, 2.24) is 4.90 Å². The van der Waals surface area contributed by atoms with Crippen LogP contribution in [-0.4, -0.2) is 23.9 Å². The summed E-state index contributed by atoms with van der Waals surface area (Å²) in [6.45, 7) is 6.21. The number of amides is 1. The molecule has 3 nitrogen and oxygen atoms in total. The van der Waals surface area contributed by atoms with Crippen LogP contribution in [0.3, 0.4) is 0 Å². The first kappa shape index (κ1) is 15.3. The maximum absolute atomic E-state index is 12.2. The van der Waals surface area contributed by atoms with Crippen molar-refractivity contribution >= 4 is 12.0 Å².